The van der Waals surface area contributed by atoms with Crippen LogP contribution >= 0.6 is 11.8 Å². The first kappa shape index (κ1) is 13.4. The molecule has 0 fully saturated rings. The Morgan fingerprint density at radius 1 is 1.33 bits per heavy atom. The third-order valence-corrected chi connectivity index (χ3v) is 3.61. The van der Waals surface area contributed by atoms with Gasteiger partial charge in [-0.15, -0.1) is 0 Å². The van der Waals surface area contributed by atoms with E-state index in [0.29, 0.717) is 11.0 Å². The summed E-state index contributed by atoms with van der Waals surface area (Å²) in [5.74, 6) is -1.15. The number of thioether (sulfide) groups is 1. The van der Waals surface area contributed by atoms with Crippen LogP contribution in [0.5, 0.6) is 0 Å². The second kappa shape index (κ2) is 5.41. The number of carbonyl (C=O) groups is 1. The number of hydrogen-bond acceptors (Lipinski definition) is 5. The standard InChI is InChI=1S/C13H10N4O3S/c18-10(19)7-21-13-15-11-9(12(20)16-13)6-14-17(11)8-4-2-1-3-5-8/h1-6H,7H2,(H,18,19)(H,15,16,20). The predicted octanol–water partition coefficient (Wildman–Crippen LogP) is 1.29. The molecule has 7 nitrogen and oxygen atoms in total. The number of carboxylic acid groups (broad SMARTS) is 1. The van der Waals surface area contributed by atoms with E-state index in [-0.39, 0.29) is 16.5 Å². The second-order valence-electron chi connectivity index (χ2n) is 4.18. The molecule has 21 heavy (non-hydrogen) atoms. The first-order chi connectivity index (χ1) is 10.1. The van der Waals surface area contributed by atoms with Crippen molar-refractivity contribution in [2.75, 3.05) is 5.75 Å². The molecule has 0 aliphatic heterocycles. The van der Waals surface area contributed by atoms with Crippen molar-refractivity contribution in [1.82, 2.24) is 19.7 Å². The van der Waals surface area contributed by atoms with Gasteiger partial charge in [-0.3, -0.25) is 9.59 Å². The van der Waals surface area contributed by atoms with Gasteiger partial charge in [-0.2, -0.15) is 5.10 Å². The number of carboxylic acids is 1. The highest BCUT2D eigenvalue weighted by molar-refractivity contribution is 7.99. The summed E-state index contributed by atoms with van der Waals surface area (Å²) in [5, 5.41) is 13.5. The molecule has 0 saturated carbocycles. The molecule has 0 saturated heterocycles. The lowest BCUT2D eigenvalue weighted by Crippen LogP contribution is -2.10. The van der Waals surface area contributed by atoms with Gasteiger partial charge in [-0.1, -0.05) is 30.0 Å². The number of nitrogens with zero attached hydrogens (tertiary/aromatic N) is 3. The van der Waals surface area contributed by atoms with Crippen LogP contribution in [0.4, 0.5) is 0 Å². The predicted molar refractivity (Wildman–Crippen MR) is 77.8 cm³/mol. The number of nitrogens with one attached hydrogen (secondary N) is 1. The summed E-state index contributed by atoms with van der Waals surface area (Å²) >= 11 is 0.958. The quantitative estimate of drug-likeness (QED) is 0.556. The van der Waals surface area contributed by atoms with Crippen LogP contribution in [-0.2, 0) is 4.79 Å². The fourth-order valence-electron chi connectivity index (χ4n) is 1.85. The number of benzene rings is 1. The molecule has 2 heterocycles. The minimum absolute atomic E-state index is 0.173. The van der Waals surface area contributed by atoms with Gasteiger partial charge in [0.15, 0.2) is 10.8 Å². The number of para-hydroxylation sites is 1. The number of aromatic nitrogens is 4. The lowest BCUT2D eigenvalue weighted by molar-refractivity contribution is -0.133. The SMILES string of the molecule is O=C(O)CSc1nc2c(cnn2-c2ccccc2)c(=O)[nH]1. The number of aromatic amines is 1. The molecule has 0 aliphatic rings. The van der Waals surface area contributed by atoms with E-state index in [0.717, 1.165) is 17.4 Å². The van der Waals surface area contributed by atoms with Crippen molar-refractivity contribution in [3.63, 3.8) is 0 Å². The van der Waals surface area contributed by atoms with Crippen molar-refractivity contribution < 1.29 is 9.90 Å². The average Bonchev–Trinajstić information content (AvgIpc) is 2.90. The topological polar surface area (TPSA) is 101 Å². The van der Waals surface area contributed by atoms with Gasteiger partial charge in [-0.25, -0.2) is 9.67 Å². The molecule has 3 rings (SSSR count). The number of rotatable bonds is 4. The van der Waals surface area contributed by atoms with Gasteiger partial charge in [0.2, 0.25) is 0 Å². The van der Waals surface area contributed by atoms with E-state index < -0.39 is 5.97 Å². The van der Waals surface area contributed by atoms with Gasteiger partial charge in [0.25, 0.3) is 5.56 Å². The van der Waals surface area contributed by atoms with Crippen molar-refractivity contribution in [1.29, 1.82) is 0 Å². The van der Waals surface area contributed by atoms with Crippen LogP contribution < -0.4 is 5.56 Å². The van der Waals surface area contributed by atoms with Crippen molar-refractivity contribution in [3.8, 4) is 5.69 Å². The van der Waals surface area contributed by atoms with E-state index in [9.17, 15) is 9.59 Å². The zero-order valence-electron chi connectivity index (χ0n) is 10.7. The van der Waals surface area contributed by atoms with Crippen molar-refractivity contribution >= 4 is 28.8 Å². The van der Waals surface area contributed by atoms with E-state index in [1.165, 1.54) is 6.20 Å². The lowest BCUT2D eigenvalue weighted by Gasteiger charge is -2.03. The number of H-pyrrole nitrogens is 1. The number of hydrogen-bond donors (Lipinski definition) is 2. The summed E-state index contributed by atoms with van der Waals surface area (Å²) in [4.78, 5) is 29.4. The molecule has 0 spiro atoms. The highest BCUT2D eigenvalue weighted by Gasteiger charge is 2.12. The van der Waals surface area contributed by atoms with Gasteiger partial charge in [0.05, 0.1) is 17.6 Å². The van der Waals surface area contributed by atoms with Crippen LogP contribution in [0.2, 0.25) is 0 Å². The van der Waals surface area contributed by atoms with Crippen molar-refractivity contribution in [3.05, 3.63) is 46.9 Å². The van der Waals surface area contributed by atoms with Gasteiger partial charge in [0.1, 0.15) is 5.39 Å². The molecule has 0 amide bonds. The first-order valence-corrected chi connectivity index (χ1v) is 7.02. The van der Waals surface area contributed by atoms with E-state index in [2.05, 4.69) is 15.1 Å². The lowest BCUT2D eigenvalue weighted by atomic mass is 10.3. The molecule has 8 heteroatoms. The molecular weight excluding hydrogens is 292 g/mol. The van der Waals surface area contributed by atoms with E-state index in [1.807, 2.05) is 30.3 Å². The fourth-order valence-corrected chi connectivity index (χ4v) is 2.43. The second-order valence-corrected chi connectivity index (χ2v) is 5.15. The molecule has 0 unspecified atom stereocenters. The maximum atomic E-state index is 12.0. The molecule has 3 aromatic rings. The van der Waals surface area contributed by atoms with E-state index in [1.54, 1.807) is 4.68 Å². The Morgan fingerprint density at radius 2 is 2.10 bits per heavy atom. The van der Waals surface area contributed by atoms with E-state index >= 15 is 0 Å². The maximum absolute atomic E-state index is 12.0. The summed E-state index contributed by atoms with van der Waals surface area (Å²) in [7, 11) is 0. The van der Waals surface area contributed by atoms with Crippen molar-refractivity contribution in [2.24, 2.45) is 0 Å². The van der Waals surface area contributed by atoms with Crippen LogP contribution in [0.25, 0.3) is 16.7 Å². The average molecular weight is 302 g/mol. The van der Waals surface area contributed by atoms with Crippen LogP contribution in [0, 0.1) is 0 Å². The minimum Gasteiger partial charge on any atom is -0.481 e. The van der Waals surface area contributed by atoms with E-state index in [4.69, 9.17) is 5.11 Å². The summed E-state index contributed by atoms with van der Waals surface area (Å²) in [6, 6.07) is 9.29. The molecule has 2 aromatic heterocycles. The molecular formula is C13H10N4O3S. The normalized spacial score (nSPS) is 10.9. The number of fused-ring (bicyclic) bond motifs is 1. The van der Waals surface area contributed by atoms with Gasteiger partial charge < -0.3 is 10.1 Å². The maximum Gasteiger partial charge on any atom is 0.313 e. The summed E-state index contributed by atoms with van der Waals surface area (Å²) < 4.78 is 1.55. The van der Waals surface area contributed by atoms with Crippen LogP contribution in [0.3, 0.4) is 0 Å². The monoisotopic (exact) mass is 302 g/mol. The molecule has 0 radical (unpaired) electrons. The Labute approximate surface area is 122 Å². The smallest absolute Gasteiger partial charge is 0.313 e. The first-order valence-electron chi connectivity index (χ1n) is 6.03. The van der Waals surface area contributed by atoms with Crippen LogP contribution in [0.1, 0.15) is 0 Å². The molecule has 0 atom stereocenters. The number of aliphatic carboxylic acids is 1. The highest BCUT2D eigenvalue weighted by Crippen LogP contribution is 2.17. The minimum atomic E-state index is -0.973. The Bertz CT molecular complexity index is 857. The largest absolute Gasteiger partial charge is 0.481 e. The summed E-state index contributed by atoms with van der Waals surface area (Å²) in [6.07, 6.45) is 1.44. The summed E-state index contributed by atoms with van der Waals surface area (Å²) in [6.45, 7) is 0. The molecule has 2 N–H and O–H groups in total. The van der Waals surface area contributed by atoms with Gasteiger partial charge in [-0.05, 0) is 12.1 Å². The Balaban J connectivity index is 2.11. The zero-order chi connectivity index (χ0) is 14.8. The zero-order valence-corrected chi connectivity index (χ0v) is 11.5. The van der Waals surface area contributed by atoms with Crippen LogP contribution in [-0.4, -0.2) is 36.6 Å². The van der Waals surface area contributed by atoms with Crippen molar-refractivity contribution in [2.45, 2.75) is 5.16 Å². The Kier molecular flexibility index (Phi) is 3.44. The summed E-state index contributed by atoms with van der Waals surface area (Å²) in [5.41, 5.74) is 0.840. The molecule has 106 valence electrons. The highest BCUT2D eigenvalue weighted by atomic mass is 32.2. The molecule has 1 aromatic carbocycles. The molecule has 0 aliphatic carbocycles. The van der Waals surface area contributed by atoms with Gasteiger partial charge in [0, 0.05) is 0 Å². The van der Waals surface area contributed by atoms with Crippen LogP contribution in [0.15, 0.2) is 46.5 Å². The molecule has 0 bridgehead atoms. The fraction of sp³-hybridized carbons (Fsp3) is 0.0769. The Hall–Kier alpha value is -2.61. The third kappa shape index (κ3) is 2.65. The van der Waals surface area contributed by atoms with Gasteiger partial charge >= 0.3 is 5.97 Å². The third-order valence-electron chi connectivity index (χ3n) is 2.75. The Morgan fingerprint density at radius 3 is 2.81 bits per heavy atom.